The number of nitrogens with zero attached hydrogens (tertiary/aromatic N) is 1. The van der Waals surface area contributed by atoms with Crippen molar-refractivity contribution in [2.75, 3.05) is 19.7 Å². The van der Waals surface area contributed by atoms with Gasteiger partial charge in [-0.15, -0.1) is 0 Å². The van der Waals surface area contributed by atoms with Crippen molar-refractivity contribution in [2.45, 2.75) is 44.8 Å². The first kappa shape index (κ1) is 14.1. The lowest BCUT2D eigenvalue weighted by Crippen LogP contribution is -2.51. The minimum Gasteiger partial charge on any atom is -0.479 e. The lowest BCUT2D eigenvalue weighted by Gasteiger charge is -2.34. The van der Waals surface area contributed by atoms with E-state index in [-0.39, 0.29) is 12.5 Å². The standard InChI is InChI=1S/C13H21NO5/c1-12(2,3)19-11(17)14-7-9-5-4-6-18-13(9,8-14)10(15)16/h9H,4-8H2,1-3H3,(H,15,16). The van der Waals surface area contributed by atoms with Gasteiger partial charge in [0.25, 0.3) is 0 Å². The summed E-state index contributed by atoms with van der Waals surface area (Å²) < 4.78 is 10.8. The molecule has 2 heterocycles. The van der Waals surface area contributed by atoms with Gasteiger partial charge in [-0.3, -0.25) is 0 Å². The molecule has 6 heteroatoms. The molecular weight excluding hydrogens is 250 g/mol. The van der Waals surface area contributed by atoms with E-state index in [4.69, 9.17) is 9.47 Å². The van der Waals surface area contributed by atoms with Crippen molar-refractivity contribution < 1.29 is 24.2 Å². The van der Waals surface area contributed by atoms with Crippen LogP contribution in [0.2, 0.25) is 0 Å². The third-order valence-corrected chi connectivity index (χ3v) is 3.60. The quantitative estimate of drug-likeness (QED) is 0.782. The molecule has 0 bridgehead atoms. The van der Waals surface area contributed by atoms with Gasteiger partial charge in [0.2, 0.25) is 0 Å². The van der Waals surface area contributed by atoms with Crippen LogP contribution < -0.4 is 0 Å². The van der Waals surface area contributed by atoms with Crippen LogP contribution in [0.15, 0.2) is 0 Å². The molecule has 19 heavy (non-hydrogen) atoms. The molecule has 2 fully saturated rings. The fourth-order valence-corrected chi connectivity index (χ4v) is 2.73. The van der Waals surface area contributed by atoms with Gasteiger partial charge in [0.05, 0.1) is 6.54 Å². The lowest BCUT2D eigenvalue weighted by atomic mass is 9.85. The lowest BCUT2D eigenvalue weighted by molar-refractivity contribution is -0.175. The van der Waals surface area contributed by atoms with Crippen LogP contribution in [0.1, 0.15) is 33.6 Å². The Balaban J connectivity index is 2.11. The summed E-state index contributed by atoms with van der Waals surface area (Å²) >= 11 is 0. The van der Waals surface area contributed by atoms with E-state index in [9.17, 15) is 14.7 Å². The van der Waals surface area contributed by atoms with Gasteiger partial charge < -0.3 is 19.5 Å². The summed E-state index contributed by atoms with van der Waals surface area (Å²) in [6.45, 7) is 6.26. The number of hydrogen-bond acceptors (Lipinski definition) is 4. The molecule has 0 aromatic rings. The number of aliphatic carboxylic acids is 1. The van der Waals surface area contributed by atoms with Crippen molar-refractivity contribution in [3.63, 3.8) is 0 Å². The molecule has 2 rings (SSSR count). The van der Waals surface area contributed by atoms with Crippen molar-refractivity contribution in [1.29, 1.82) is 0 Å². The number of carboxylic acid groups (broad SMARTS) is 1. The van der Waals surface area contributed by atoms with Gasteiger partial charge >= 0.3 is 12.1 Å². The summed E-state index contributed by atoms with van der Waals surface area (Å²) in [5.41, 5.74) is -1.82. The second-order valence-electron chi connectivity index (χ2n) is 6.24. The van der Waals surface area contributed by atoms with Crippen molar-refractivity contribution in [2.24, 2.45) is 5.92 Å². The zero-order valence-corrected chi connectivity index (χ0v) is 11.6. The van der Waals surface area contributed by atoms with Crippen molar-refractivity contribution in [1.82, 2.24) is 4.90 Å². The Labute approximate surface area is 112 Å². The molecule has 2 aliphatic rings. The Morgan fingerprint density at radius 1 is 1.42 bits per heavy atom. The highest BCUT2D eigenvalue weighted by Crippen LogP contribution is 2.38. The summed E-state index contributed by atoms with van der Waals surface area (Å²) in [5.74, 6) is -1.13. The second-order valence-corrected chi connectivity index (χ2v) is 6.24. The summed E-state index contributed by atoms with van der Waals surface area (Å²) in [4.78, 5) is 25.0. The molecule has 2 unspecified atom stereocenters. The molecule has 1 N–H and O–H groups in total. The van der Waals surface area contributed by atoms with Gasteiger partial charge in [0.15, 0.2) is 5.60 Å². The second kappa shape index (κ2) is 4.67. The van der Waals surface area contributed by atoms with Gasteiger partial charge in [0.1, 0.15) is 5.60 Å². The van der Waals surface area contributed by atoms with E-state index >= 15 is 0 Å². The summed E-state index contributed by atoms with van der Waals surface area (Å²) in [5, 5.41) is 9.43. The smallest absolute Gasteiger partial charge is 0.410 e. The van der Waals surface area contributed by atoms with E-state index in [2.05, 4.69) is 0 Å². The van der Waals surface area contributed by atoms with Crippen molar-refractivity contribution in [3.05, 3.63) is 0 Å². The van der Waals surface area contributed by atoms with Crippen LogP contribution in [0.4, 0.5) is 4.79 Å². The topological polar surface area (TPSA) is 76.1 Å². The van der Waals surface area contributed by atoms with E-state index in [1.165, 1.54) is 4.90 Å². The SMILES string of the molecule is CC(C)(C)OC(=O)N1CC2CCCOC2(C(=O)O)C1. The fourth-order valence-electron chi connectivity index (χ4n) is 2.73. The van der Waals surface area contributed by atoms with Crippen LogP contribution in [0.25, 0.3) is 0 Å². The molecule has 0 radical (unpaired) electrons. The zero-order valence-electron chi connectivity index (χ0n) is 11.6. The van der Waals surface area contributed by atoms with Crippen LogP contribution in [-0.2, 0) is 14.3 Å². The Hall–Kier alpha value is -1.30. The molecule has 108 valence electrons. The fraction of sp³-hybridized carbons (Fsp3) is 0.846. The third-order valence-electron chi connectivity index (χ3n) is 3.60. The maximum atomic E-state index is 12.0. The van der Waals surface area contributed by atoms with Crippen LogP contribution in [0, 0.1) is 5.92 Å². The molecule has 0 aliphatic carbocycles. The van der Waals surface area contributed by atoms with E-state index < -0.39 is 23.3 Å². The van der Waals surface area contributed by atoms with Gasteiger partial charge in [0, 0.05) is 19.1 Å². The molecule has 0 aromatic carbocycles. The average molecular weight is 271 g/mol. The van der Waals surface area contributed by atoms with E-state index in [0.29, 0.717) is 13.2 Å². The Kier molecular flexibility index (Phi) is 3.47. The zero-order chi connectivity index (χ0) is 14.3. The first-order chi connectivity index (χ1) is 8.74. The number of amides is 1. The number of fused-ring (bicyclic) bond motifs is 1. The number of rotatable bonds is 1. The Morgan fingerprint density at radius 2 is 2.11 bits per heavy atom. The highest BCUT2D eigenvalue weighted by atomic mass is 16.6. The molecule has 2 aliphatic heterocycles. The molecule has 0 aromatic heterocycles. The predicted octanol–water partition coefficient (Wildman–Crippen LogP) is 1.49. The number of carboxylic acids is 1. The molecule has 2 atom stereocenters. The summed E-state index contributed by atoms with van der Waals surface area (Å²) in [7, 11) is 0. The maximum absolute atomic E-state index is 12.0. The number of carbonyl (C=O) groups is 2. The Bertz CT molecular complexity index is 389. The third kappa shape index (κ3) is 2.68. The highest BCUT2D eigenvalue weighted by molar-refractivity contribution is 5.81. The van der Waals surface area contributed by atoms with Crippen LogP contribution >= 0.6 is 0 Å². The average Bonchev–Trinajstić information content (AvgIpc) is 2.67. The molecular formula is C13H21NO5. The van der Waals surface area contributed by atoms with Gasteiger partial charge in [-0.1, -0.05) is 0 Å². The van der Waals surface area contributed by atoms with E-state index in [1.54, 1.807) is 20.8 Å². The van der Waals surface area contributed by atoms with E-state index in [1.807, 2.05) is 0 Å². The largest absolute Gasteiger partial charge is 0.479 e. The van der Waals surface area contributed by atoms with Crippen LogP contribution in [0.5, 0.6) is 0 Å². The Morgan fingerprint density at radius 3 is 2.63 bits per heavy atom. The minimum atomic E-state index is -1.24. The van der Waals surface area contributed by atoms with Crippen LogP contribution in [-0.4, -0.2) is 53.0 Å². The number of ether oxygens (including phenoxy) is 2. The molecule has 0 spiro atoms. The van der Waals surface area contributed by atoms with Crippen molar-refractivity contribution >= 4 is 12.1 Å². The van der Waals surface area contributed by atoms with Gasteiger partial charge in [-0.25, -0.2) is 9.59 Å². The number of carbonyl (C=O) groups excluding carboxylic acids is 1. The number of hydrogen-bond donors (Lipinski definition) is 1. The predicted molar refractivity (Wildman–Crippen MR) is 66.8 cm³/mol. The molecule has 1 amide bonds. The van der Waals surface area contributed by atoms with Gasteiger partial charge in [-0.2, -0.15) is 0 Å². The minimum absolute atomic E-state index is 0.0713. The first-order valence-electron chi connectivity index (χ1n) is 6.60. The van der Waals surface area contributed by atoms with E-state index in [0.717, 1.165) is 12.8 Å². The van der Waals surface area contributed by atoms with Crippen molar-refractivity contribution in [3.8, 4) is 0 Å². The maximum Gasteiger partial charge on any atom is 0.410 e. The monoisotopic (exact) mass is 271 g/mol. The number of likely N-dealkylation sites (tertiary alicyclic amines) is 1. The summed E-state index contributed by atoms with van der Waals surface area (Å²) in [6, 6.07) is 0. The molecule has 0 saturated carbocycles. The summed E-state index contributed by atoms with van der Waals surface area (Å²) in [6.07, 6.45) is 1.14. The highest BCUT2D eigenvalue weighted by Gasteiger charge is 2.56. The van der Waals surface area contributed by atoms with Gasteiger partial charge in [-0.05, 0) is 33.6 Å². The molecule has 6 nitrogen and oxygen atoms in total. The van der Waals surface area contributed by atoms with Crippen LogP contribution in [0.3, 0.4) is 0 Å². The normalized spacial score (nSPS) is 30.9. The molecule has 2 saturated heterocycles. The first-order valence-corrected chi connectivity index (χ1v) is 6.60.